The molecule has 7 nitrogen and oxygen atoms in total. The van der Waals surface area contributed by atoms with Gasteiger partial charge in [-0.2, -0.15) is 5.10 Å². The highest BCUT2D eigenvalue weighted by Crippen LogP contribution is 2.21. The highest BCUT2D eigenvalue weighted by molar-refractivity contribution is 5.85. The maximum atomic E-state index is 12.2. The van der Waals surface area contributed by atoms with E-state index in [1.807, 2.05) is 62.4 Å². The van der Waals surface area contributed by atoms with Gasteiger partial charge < -0.3 is 4.74 Å². The number of aryl methyl sites for hydroxylation is 1. The molecule has 0 saturated carbocycles. The monoisotopic (exact) mass is 392 g/mol. The van der Waals surface area contributed by atoms with Crippen molar-refractivity contribution >= 4 is 11.8 Å². The van der Waals surface area contributed by atoms with Crippen molar-refractivity contribution in [1.29, 1.82) is 0 Å². The van der Waals surface area contributed by atoms with Crippen LogP contribution in [0.4, 0.5) is 0 Å². The van der Waals surface area contributed by atoms with E-state index < -0.39 is 12.0 Å². The number of aromatic nitrogens is 2. The molecule has 1 atom stereocenters. The molecule has 7 heteroatoms. The van der Waals surface area contributed by atoms with E-state index in [1.165, 1.54) is 0 Å². The number of nitrogens with zero attached hydrogens (tertiary/aromatic N) is 2. The zero-order valence-corrected chi connectivity index (χ0v) is 16.7. The minimum atomic E-state index is -0.753. The number of hydrogen-bond acceptors (Lipinski definition) is 4. The van der Waals surface area contributed by atoms with Crippen molar-refractivity contribution in [3.05, 3.63) is 77.6 Å². The molecule has 0 radical (unpaired) electrons. The maximum absolute atomic E-state index is 12.2. The van der Waals surface area contributed by atoms with Crippen LogP contribution in [0.5, 0.6) is 5.75 Å². The number of ether oxygens (including phenoxy) is 1. The van der Waals surface area contributed by atoms with E-state index in [2.05, 4.69) is 16.0 Å². The summed E-state index contributed by atoms with van der Waals surface area (Å²) >= 11 is 0. The average Bonchev–Trinajstić information content (AvgIpc) is 3.18. The standard InChI is InChI=1S/C22H24N4O3/c1-15-8-7-11-20(16(15)2)29-17(3)22(28)25-24-21(27)12-18-13-23-26(14-18)19-9-5-4-6-10-19/h4-11,13-14,17H,12H2,1-3H3,(H,24,27)(H,25,28). The summed E-state index contributed by atoms with van der Waals surface area (Å²) in [5, 5.41) is 4.25. The van der Waals surface area contributed by atoms with Gasteiger partial charge in [0.1, 0.15) is 5.75 Å². The van der Waals surface area contributed by atoms with E-state index in [4.69, 9.17) is 4.74 Å². The van der Waals surface area contributed by atoms with Crippen molar-refractivity contribution in [2.45, 2.75) is 33.3 Å². The number of carbonyl (C=O) groups is 2. The van der Waals surface area contributed by atoms with Gasteiger partial charge in [-0.1, -0.05) is 30.3 Å². The zero-order chi connectivity index (χ0) is 20.8. The molecule has 1 heterocycles. The topological polar surface area (TPSA) is 85.2 Å². The minimum Gasteiger partial charge on any atom is -0.481 e. The number of para-hydroxylation sites is 1. The average molecular weight is 392 g/mol. The van der Waals surface area contributed by atoms with Crippen molar-refractivity contribution in [3.63, 3.8) is 0 Å². The summed E-state index contributed by atoms with van der Waals surface area (Å²) in [5.74, 6) is -0.128. The first-order chi connectivity index (χ1) is 13.9. The number of benzene rings is 2. The molecule has 0 bridgehead atoms. The Labute approximate surface area is 169 Å². The van der Waals surface area contributed by atoms with E-state index in [0.717, 1.165) is 22.4 Å². The Hall–Kier alpha value is -3.61. The fraction of sp³-hybridized carbons (Fsp3) is 0.227. The number of rotatable bonds is 6. The van der Waals surface area contributed by atoms with Gasteiger partial charge in [0.25, 0.3) is 5.91 Å². The molecule has 3 aromatic rings. The fourth-order valence-corrected chi connectivity index (χ4v) is 2.73. The highest BCUT2D eigenvalue weighted by Gasteiger charge is 2.17. The van der Waals surface area contributed by atoms with Crippen molar-refractivity contribution in [2.24, 2.45) is 0 Å². The predicted octanol–water partition coefficient (Wildman–Crippen LogP) is 2.65. The number of amides is 2. The number of carbonyl (C=O) groups excluding carboxylic acids is 2. The Kier molecular flexibility index (Phi) is 6.29. The summed E-state index contributed by atoms with van der Waals surface area (Å²) in [5.41, 5.74) is 8.53. The second-order valence-corrected chi connectivity index (χ2v) is 6.80. The zero-order valence-electron chi connectivity index (χ0n) is 16.7. The molecule has 1 unspecified atom stereocenters. The van der Waals surface area contributed by atoms with Crippen molar-refractivity contribution in [2.75, 3.05) is 0 Å². The molecule has 150 valence electrons. The highest BCUT2D eigenvalue weighted by atomic mass is 16.5. The minimum absolute atomic E-state index is 0.0966. The Morgan fingerprint density at radius 1 is 1.07 bits per heavy atom. The van der Waals surface area contributed by atoms with Crippen LogP contribution in [0.3, 0.4) is 0 Å². The molecule has 0 aliphatic carbocycles. The third-order valence-electron chi connectivity index (χ3n) is 4.57. The maximum Gasteiger partial charge on any atom is 0.279 e. The van der Waals surface area contributed by atoms with Crippen molar-refractivity contribution < 1.29 is 14.3 Å². The molecule has 1 aromatic heterocycles. The van der Waals surface area contributed by atoms with Gasteiger partial charge in [0.05, 0.1) is 18.3 Å². The number of nitrogens with one attached hydrogen (secondary N) is 2. The van der Waals surface area contributed by atoms with E-state index in [9.17, 15) is 9.59 Å². The number of hydrogen-bond donors (Lipinski definition) is 2. The van der Waals surface area contributed by atoms with E-state index in [-0.39, 0.29) is 12.3 Å². The summed E-state index contributed by atoms with van der Waals surface area (Å²) in [4.78, 5) is 24.4. The molecule has 0 fully saturated rings. The van der Waals surface area contributed by atoms with Gasteiger partial charge >= 0.3 is 0 Å². The van der Waals surface area contributed by atoms with Crippen molar-refractivity contribution in [1.82, 2.24) is 20.6 Å². The summed E-state index contributed by atoms with van der Waals surface area (Å²) < 4.78 is 7.41. The lowest BCUT2D eigenvalue weighted by molar-refractivity contribution is -0.132. The lowest BCUT2D eigenvalue weighted by Gasteiger charge is -2.17. The first-order valence-electron chi connectivity index (χ1n) is 9.34. The lowest BCUT2D eigenvalue weighted by atomic mass is 10.1. The van der Waals surface area contributed by atoms with Crippen LogP contribution in [-0.4, -0.2) is 27.7 Å². The molecule has 0 aliphatic rings. The molecule has 29 heavy (non-hydrogen) atoms. The van der Waals surface area contributed by atoms with Crippen LogP contribution >= 0.6 is 0 Å². The molecular formula is C22H24N4O3. The summed E-state index contributed by atoms with van der Waals surface area (Å²) in [6, 6.07) is 15.3. The molecule has 0 spiro atoms. The van der Waals surface area contributed by atoms with Crippen LogP contribution in [0, 0.1) is 13.8 Å². The summed E-state index contributed by atoms with van der Waals surface area (Å²) in [7, 11) is 0. The Morgan fingerprint density at radius 3 is 2.59 bits per heavy atom. The third kappa shape index (κ3) is 5.22. The van der Waals surface area contributed by atoms with Gasteiger partial charge in [-0.25, -0.2) is 4.68 Å². The second-order valence-electron chi connectivity index (χ2n) is 6.80. The molecule has 3 rings (SSSR count). The van der Waals surface area contributed by atoms with Crippen LogP contribution in [0.2, 0.25) is 0 Å². The Balaban J connectivity index is 1.49. The van der Waals surface area contributed by atoms with E-state index >= 15 is 0 Å². The van der Waals surface area contributed by atoms with Gasteiger partial charge in [0.2, 0.25) is 5.91 Å². The molecule has 2 aromatic carbocycles. The Morgan fingerprint density at radius 2 is 1.83 bits per heavy atom. The van der Waals surface area contributed by atoms with Gasteiger partial charge in [-0.15, -0.1) is 0 Å². The van der Waals surface area contributed by atoms with Crippen LogP contribution in [0.25, 0.3) is 5.69 Å². The molecule has 0 saturated heterocycles. The summed E-state index contributed by atoms with van der Waals surface area (Å²) in [6.45, 7) is 5.55. The van der Waals surface area contributed by atoms with Crippen LogP contribution in [0.1, 0.15) is 23.6 Å². The quantitative estimate of drug-likeness (QED) is 0.632. The smallest absolute Gasteiger partial charge is 0.279 e. The van der Waals surface area contributed by atoms with Gasteiger partial charge in [-0.3, -0.25) is 20.4 Å². The van der Waals surface area contributed by atoms with Crippen LogP contribution in [0.15, 0.2) is 60.9 Å². The molecule has 2 amide bonds. The largest absolute Gasteiger partial charge is 0.481 e. The molecular weight excluding hydrogens is 368 g/mol. The van der Waals surface area contributed by atoms with Gasteiger partial charge in [-0.05, 0) is 55.7 Å². The second kappa shape index (κ2) is 9.05. The fourth-order valence-electron chi connectivity index (χ4n) is 2.73. The molecule has 0 aliphatic heterocycles. The van der Waals surface area contributed by atoms with Gasteiger partial charge in [0, 0.05) is 6.20 Å². The van der Waals surface area contributed by atoms with E-state index in [0.29, 0.717) is 5.75 Å². The Bertz CT molecular complexity index is 998. The van der Waals surface area contributed by atoms with Crippen LogP contribution < -0.4 is 15.6 Å². The third-order valence-corrected chi connectivity index (χ3v) is 4.57. The first-order valence-corrected chi connectivity index (χ1v) is 9.34. The summed E-state index contributed by atoms with van der Waals surface area (Å²) in [6.07, 6.45) is 2.75. The van der Waals surface area contributed by atoms with E-state index in [1.54, 1.807) is 24.0 Å². The SMILES string of the molecule is Cc1cccc(OC(C)C(=O)NNC(=O)Cc2cnn(-c3ccccc3)c2)c1C. The van der Waals surface area contributed by atoms with Crippen LogP contribution in [-0.2, 0) is 16.0 Å². The first kappa shape index (κ1) is 20.1. The molecule has 2 N–H and O–H groups in total. The predicted molar refractivity (Wildman–Crippen MR) is 110 cm³/mol. The van der Waals surface area contributed by atoms with Crippen molar-refractivity contribution in [3.8, 4) is 11.4 Å². The van der Waals surface area contributed by atoms with Gasteiger partial charge in [0.15, 0.2) is 6.10 Å². The number of hydrazine groups is 1. The normalized spacial score (nSPS) is 11.6. The lowest BCUT2D eigenvalue weighted by Crippen LogP contribution is -2.47.